The van der Waals surface area contributed by atoms with Crippen LogP contribution in [-0.2, 0) is 12.6 Å². The summed E-state index contributed by atoms with van der Waals surface area (Å²) >= 11 is 1.43. The van der Waals surface area contributed by atoms with E-state index >= 15 is 0 Å². The first kappa shape index (κ1) is 15.0. The molecule has 3 rings (SSSR count). The van der Waals surface area contributed by atoms with Crippen LogP contribution < -0.4 is 5.73 Å². The molecule has 0 amide bonds. The summed E-state index contributed by atoms with van der Waals surface area (Å²) in [5.41, 5.74) is 6.48. The largest absolute Gasteiger partial charge is 0.378 e. The zero-order chi connectivity index (χ0) is 15.9. The highest BCUT2D eigenvalue weighted by Crippen LogP contribution is 2.46. The molecule has 0 unspecified atom stereocenters. The highest BCUT2D eigenvalue weighted by molar-refractivity contribution is 8.14. The molecular formula is C15H16F2N4S. The minimum absolute atomic E-state index is 0.0134. The van der Waals surface area contributed by atoms with E-state index in [0.29, 0.717) is 17.2 Å². The predicted molar refractivity (Wildman–Crippen MR) is 83.5 cm³/mol. The molecule has 22 heavy (non-hydrogen) atoms. The Hall–Kier alpha value is -1.89. The Morgan fingerprint density at radius 1 is 1.36 bits per heavy atom. The maximum atomic E-state index is 14.2. The van der Waals surface area contributed by atoms with E-state index in [2.05, 4.69) is 10.1 Å². The lowest BCUT2D eigenvalue weighted by molar-refractivity contribution is 0.416. The summed E-state index contributed by atoms with van der Waals surface area (Å²) in [7, 11) is 1.85. The Labute approximate surface area is 131 Å². The van der Waals surface area contributed by atoms with E-state index < -0.39 is 17.2 Å². The Bertz CT molecular complexity index is 743. The van der Waals surface area contributed by atoms with E-state index in [9.17, 15) is 8.78 Å². The standard InChI is InChI=1S/C15H16F2N4S/c1-15(10-4-3-9(16)7-11(10)17)8-13(22-14(18)20-15)12-5-6-19-21(12)2/h3-7,13H,8H2,1-2H3,(H2,18,20)/t13-,15-/m0/s1. The number of thioether (sulfide) groups is 1. The van der Waals surface area contributed by atoms with Crippen LogP contribution >= 0.6 is 11.8 Å². The minimum Gasteiger partial charge on any atom is -0.378 e. The van der Waals surface area contributed by atoms with Crippen molar-refractivity contribution >= 4 is 16.9 Å². The summed E-state index contributed by atoms with van der Waals surface area (Å²) in [6, 6.07) is 5.48. The molecule has 1 aromatic carbocycles. The molecule has 0 fully saturated rings. The van der Waals surface area contributed by atoms with Crippen LogP contribution in [0, 0.1) is 11.6 Å². The normalized spacial score (nSPS) is 25.1. The van der Waals surface area contributed by atoms with Crippen molar-refractivity contribution < 1.29 is 8.78 Å². The van der Waals surface area contributed by atoms with Gasteiger partial charge in [-0.2, -0.15) is 5.10 Å². The number of nitrogens with two attached hydrogens (primary N) is 1. The van der Waals surface area contributed by atoms with Gasteiger partial charge in [-0.25, -0.2) is 8.78 Å². The number of rotatable bonds is 2. The molecule has 2 N–H and O–H groups in total. The van der Waals surface area contributed by atoms with E-state index in [1.807, 2.05) is 20.0 Å². The Morgan fingerprint density at radius 3 is 2.77 bits per heavy atom. The van der Waals surface area contributed by atoms with Gasteiger partial charge in [-0.15, -0.1) is 0 Å². The van der Waals surface area contributed by atoms with E-state index in [1.165, 1.54) is 23.9 Å². The van der Waals surface area contributed by atoms with E-state index in [-0.39, 0.29) is 5.25 Å². The Morgan fingerprint density at radius 2 is 2.14 bits per heavy atom. The molecule has 0 radical (unpaired) electrons. The quantitative estimate of drug-likeness (QED) is 0.924. The molecule has 7 heteroatoms. The van der Waals surface area contributed by atoms with Crippen LogP contribution in [0.15, 0.2) is 35.5 Å². The van der Waals surface area contributed by atoms with Gasteiger partial charge < -0.3 is 5.73 Å². The van der Waals surface area contributed by atoms with Gasteiger partial charge in [-0.3, -0.25) is 9.67 Å². The van der Waals surface area contributed by atoms with Crippen LogP contribution in [0.1, 0.15) is 29.9 Å². The van der Waals surface area contributed by atoms with Gasteiger partial charge in [0.05, 0.1) is 16.5 Å². The number of halogens is 2. The molecule has 0 bridgehead atoms. The van der Waals surface area contributed by atoms with E-state index in [1.54, 1.807) is 10.9 Å². The highest BCUT2D eigenvalue weighted by Gasteiger charge is 2.38. The predicted octanol–water partition coefficient (Wildman–Crippen LogP) is 3.11. The first-order valence-corrected chi connectivity index (χ1v) is 7.72. The number of nitrogens with zero attached hydrogens (tertiary/aromatic N) is 3. The summed E-state index contributed by atoms with van der Waals surface area (Å²) in [5.74, 6) is -1.20. The average Bonchev–Trinajstić information content (AvgIpc) is 2.83. The van der Waals surface area contributed by atoms with Crippen molar-refractivity contribution in [2.24, 2.45) is 17.8 Å². The fourth-order valence-corrected chi connectivity index (χ4v) is 4.13. The number of hydrogen-bond donors (Lipinski definition) is 1. The van der Waals surface area contributed by atoms with Crippen LogP contribution in [0.25, 0.3) is 0 Å². The fraction of sp³-hybridized carbons (Fsp3) is 0.333. The first-order chi connectivity index (χ1) is 10.4. The second-order valence-electron chi connectivity index (χ2n) is 5.54. The maximum Gasteiger partial charge on any atom is 0.155 e. The Balaban J connectivity index is 2.02. The molecule has 2 atom stereocenters. The van der Waals surface area contributed by atoms with Crippen molar-refractivity contribution in [3.63, 3.8) is 0 Å². The van der Waals surface area contributed by atoms with Crippen molar-refractivity contribution in [1.82, 2.24) is 9.78 Å². The zero-order valence-corrected chi connectivity index (χ0v) is 13.1. The second kappa shape index (κ2) is 5.39. The van der Waals surface area contributed by atoms with Gasteiger partial charge >= 0.3 is 0 Å². The molecule has 0 spiro atoms. The molecule has 1 aliphatic heterocycles. The lowest BCUT2D eigenvalue weighted by Gasteiger charge is -2.34. The molecule has 0 aliphatic carbocycles. The maximum absolute atomic E-state index is 14.2. The molecule has 2 aromatic rings. The zero-order valence-electron chi connectivity index (χ0n) is 12.3. The van der Waals surface area contributed by atoms with Crippen LogP contribution in [-0.4, -0.2) is 14.9 Å². The first-order valence-electron chi connectivity index (χ1n) is 6.84. The van der Waals surface area contributed by atoms with Gasteiger partial charge in [-0.05, 0) is 25.5 Å². The van der Waals surface area contributed by atoms with Crippen molar-refractivity contribution in [2.75, 3.05) is 0 Å². The van der Waals surface area contributed by atoms with Crippen LogP contribution in [0.5, 0.6) is 0 Å². The summed E-state index contributed by atoms with van der Waals surface area (Å²) in [6.45, 7) is 1.82. The number of benzene rings is 1. The molecule has 1 aliphatic rings. The minimum atomic E-state index is -0.831. The topological polar surface area (TPSA) is 56.2 Å². The van der Waals surface area contributed by atoms with Gasteiger partial charge in [0, 0.05) is 24.9 Å². The summed E-state index contributed by atoms with van der Waals surface area (Å²) < 4.78 is 29.1. The van der Waals surface area contributed by atoms with Gasteiger partial charge in [0.1, 0.15) is 11.6 Å². The third-order valence-electron chi connectivity index (χ3n) is 3.90. The number of aromatic nitrogens is 2. The van der Waals surface area contributed by atoms with E-state index in [4.69, 9.17) is 5.73 Å². The van der Waals surface area contributed by atoms with Crippen molar-refractivity contribution in [2.45, 2.75) is 24.1 Å². The summed E-state index contributed by atoms with van der Waals surface area (Å²) in [5, 5.41) is 4.57. The van der Waals surface area contributed by atoms with Crippen molar-refractivity contribution in [3.8, 4) is 0 Å². The lowest BCUT2D eigenvalue weighted by atomic mass is 9.86. The van der Waals surface area contributed by atoms with E-state index in [0.717, 1.165) is 11.8 Å². The van der Waals surface area contributed by atoms with Crippen LogP contribution in [0.2, 0.25) is 0 Å². The number of hydrogen-bond acceptors (Lipinski definition) is 4. The number of aliphatic imine (C=N–C) groups is 1. The molecule has 2 heterocycles. The smallest absolute Gasteiger partial charge is 0.155 e. The molecule has 0 saturated heterocycles. The second-order valence-corrected chi connectivity index (χ2v) is 6.76. The molecule has 4 nitrogen and oxygen atoms in total. The van der Waals surface area contributed by atoms with Gasteiger partial charge in [-0.1, -0.05) is 17.8 Å². The van der Waals surface area contributed by atoms with Crippen LogP contribution in [0.4, 0.5) is 8.78 Å². The Kier molecular flexibility index (Phi) is 3.68. The number of amidine groups is 1. The van der Waals surface area contributed by atoms with Gasteiger partial charge in [0.15, 0.2) is 5.17 Å². The number of aryl methyl sites for hydroxylation is 1. The van der Waals surface area contributed by atoms with Crippen LogP contribution in [0.3, 0.4) is 0 Å². The fourth-order valence-electron chi connectivity index (χ4n) is 2.82. The van der Waals surface area contributed by atoms with Gasteiger partial charge in [0.25, 0.3) is 0 Å². The third-order valence-corrected chi connectivity index (χ3v) is 4.93. The summed E-state index contributed by atoms with van der Waals surface area (Å²) in [6.07, 6.45) is 2.27. The monoisotopic (exact) mass is 322 g/mol. The third kappa shape index (κ3) is 2.61. The molecule has 116 valence electrons. The van der Waals surface area contributed by atoms with Crippen molar-refractivity contribution in [1.29, 1.82) is 0 Å². The van der Waals surface area contributed by atoms with Gasteiger partial charge in [0.2, 0.25) is 0 Å². The summed E-state index contributed by atoms with van der Waals surface area (Å²) in [4.78, 5) is 4.43. The van der Waals surface area contributed by atoms with Crippen molar-refractivity contribution in [3.05, 3.63) is 53.4 Å². The average molecular weight is 322 g/mol. The molecule has 1 aromatic heterocycles. The SMILES string of the molecule is Cn1nccc1[C@@H]1C[C@@](C)(c2ccc(F)cc2F)N=C(N)S1. The lowest BCUT2D eigenvalue weighted by Crippen LogP contribution is -2.31. The molecular weight excluding hydrogens is 306 g/mol. The highest BCUT2D eigenvalue weighted by atomic mass is 32.2. The molecule has 0 saturated carbocycles.